The van der Waals surface area contributed by atoms with Crippen molar-refractivity contribution < 1.29 is 4.74 Å². The van der Waals surface area contributed by atoms with Crippen LogP contribution in [0.5, 0.6) is 5.75 Å². The molecule has 4 rings (SSSR count). The van der Waals surface area contributed by atoms with Crippen molar-refractivity contribution in [1.82, 2.24) is 14.5 Å². The van der Waals surface area contributed by atoms with Gasteiger partial charge >= 0.3 is 0 Å². The second kappa shape index (κ2) is 8.16. The fourth-order valence-corrected chi connectivity index (χ4v) is 4.14. The molecule has 3 aromatic rings. The average Bonchev–Trinajstić information content (AvgIpc) is 3.00. The lowest BCUT2D eigenvalue weighted by molar-refractivity contribution is 0.237. The van der Waals surface area contributed by atoms with Gasteiger partial charge in [0.1, 0.15) is 11.6 Å². The summed E-state index contributed by atoms with van der Waals surface area (Å²) >= 11 is 12.6. The fourth-order valence-electron chi connectivity index (χ4n) is 3.77. The number of benzene rings is 2. The van der Waals surface area contributed by atoms with E-state index in [1.54, 1.807) is 7.11 Å². The van der Waals surface area contributed by atoms with Gasteiger partial charge in [-0.3, -0.25) is 4.90 Å². The molecule has 2 heterocycles. The molecule has 28 heavy (non-hydrogen) atoms. The minimum absolute atomic E-state index is 0.684. The summed E-state index contributed by atoms with van der Waals surface area (Å²) in [6.07, 6.45) is 0.961. The molecule has 0 unspecified atom stereocenters. The topological polar surface area (TPSA) is 30.3 Å². The van der Waals surface area contributed by atoms with E-state index in [2.05, 4.69) is 28.5 Å². The first kappa shape index (κ1) is 19.3. The van der Waals surface area contributed by atoms with Crippen LogP contribution in [0.1, 0.15) is 28.3 Å². The SMILES string of the molecule is COc1ccc(CN2CCc3nc(C)n(Cc4cc(Cl)ccc4Cl)c3C2)cc1. The quantitative estimate of drug-likeness (QED) is 0.579. The van der Waals surface area contributed by atoms with Crippen LogP contribution in [0.25, 0.3) is 0 Å². The molecule has 1 aliphatic rings. The molecular weight excluding hydrogens is 393 g/mol. The lowest BCUT2D eigenvalue weighted by Gasteiger charge is -2.27. The molecule has 0 amide bonds. The number of imidazole rings is 1. The van der Waals surface area contributed by atoms with Gasteiger partial charge in [-0.05, 0) is 48.4 Å². The zero-order valence-electron chi connectivity index (χ0n) is 16.1. The van der Waals surface area contributed by atoms with Gasteiger partial charge in [-0.25, -0.2) is 4.98 Å². The maximum atomic E-state index is 6.40. The van der Waals surface area contributed by atoms with Crippen LogP contribution >= 0.6 is 23.2 Å². The number of hydrogen-bond donors (Lipinski definition) is 0. The smallest absolute Gasteiger partial charge is 0.118 e. The van der Waals surface area contributed by atoms with Crippen molar-refractivity contribution in [1.29, 1.82) is 0 Å². The van der Waals surface area contributed by atoms with Gasteiger partial charge in [0.25, 0.3) is 0 Å². The number of aromatic nitrogens is 2. The molecule has 0 saturated carbocycles. The van der Waals surface area contributed by atoms with Crippen molar-refractivity contribution in [3.05, 3.63) is 80.8 Å². The zero-order valence-corrected chi connectivity index (χ0v) is 17.6. The Hall–Kier alpha value is -2.01. The van der Waals surface area contributed by atoms with Gasteiger partial charge < -0.3 is 9.30 Å². The molecule has 0 saturated heterocycles. The zero-order chi connectivity index (χ0) is 19.7. The summed E-state index contributed by atoms with van der Waals surface area (Å²) in [5.74, 6) is 1.91. The molecule has 6 heteroatoms. The Morgan fingerprint density at radius 1 is 1.07 bits per heavy atom. The molecule has 0 fully saturated rings. The second-order valence-electron chi connectivity index (χ2n) is 7.18. The molecule has 0 radical (unpaired) electrons. The highest BCUT2D eigenvalue weighted by Crippen LogP contribution is 2.26. The summed E-state index contributed by atoms with van der Waals surface area (Å²) in [4.78, 5) is 7.27. The number of rotatable bonds is 5. The first-order valence-corrected chi connectivity index (χ1v) is 10.1. The molecule has 4 nitrogen and oxygen atoms in total. The summed E-state index contributed by atoms with van der Waals surface area (Å²) in [5.41, 5.74) is 4.77. The normalized spacial score (nSPS) is 14.1. The maximum absolute atomic E-state index is 6.40. The molecule has 1 aromatic heterocycles. The van der Waals surface area contributed by atoms with E-state index in [4.69, 9.17) is 32.9 Å². The minimum Gasteiger partial charge on any atom is -0.497 e. The number of fused-ring (bicyclic) bond motifs is 1. The molecule has 0 aliphatic carbocycles. The molecule has 1 aliphatic heterocycles. The van der Waals surface area contributed by atoms with Gasteiger partial charge in [0, 0.05) is 36.1 Å². The Labute approximate surface area is 175 Å². The van der Waals surface area contributed by atoms with E-state index in [1.807, 2.05) is 30.3 Å². The number of hydrogen-bond acceptors (Lipinski definition) is 3. The summed E-state index contributed by atoms with van der Waals surface area (Å²) in [7, 11) is 1.69. The van der Waals surface area contributed by atoms with Gasteiger partial charge in [-0.1, -0.05) is 35.3 Å². The van der Waals surface area contributed by atoms with Gasteiger partial charge in [-0.15, -0.1) is 0 Å². The number of halogens is 2. The Bertz CT molecular complexity index is 982. The van der Waals surface area contributed by atoms with Crippen LogP contribution in [0.2, 0.25) is 10.0 Å². The van der Waals surface area contributed by atoms with Crippen molar-refractivity contribution in [2.45, 2.75) is 33.0 Å². The lowest BCUT2D eigenvalue weighted by Crippen LogP contribution is -2.31. The summed E-state index contributed by atoms with van der Waals surface area (Å²) in [6, 6.07) is 13.9. The van der Waals surface area contributed by atoms with Crippen molar-refractivity contribution >= 4 is 23.2 Å². The van der Waals surface area contributed by atoms with Crippen LogP contribution in [0.4, 0.5) is 0 Å². The van der Waals surface area contributed by atoms with E-state index in [9.17, 15) is 0 Å². The number of ether oxygens (including phenoxy) is 1. The second-order valence-corrected chi connectivity index (χ2v) is 8.03. The third-order valence-corrected chi connectivity index (χ3v) is 5.89. The van der Waals surface area contributed by atoms with Crippen LogP contribution in [0.15, 0.2) is 42.5 Å². The summed E-state index contributed by atoms with van der Waals surface area (Å²) in [5, 5.41) is 1.43. The van der Waals surface area contributed by atoms with Crippen molar-refractivity contribution in [3.8, 4) is 5.75 Å². The lowest BCUT2D eigenvalue weighted by atomic mass is 10.1. The van der Waals surface area contributed by atoms with Crippen LogP contribution < -0.4 is 4.74 Å². The van der Waals surface area contributed by atoms with Gasteiger partial charge in [0.05, 0.1) is 25.0 Å². The Morgan fingerprint density at radius 2 is 1.86 bits per heavy atom. The average molecular weight is 416 g/mol. The molecular formula is C22H23Cl2N3O. The minimum atomic E-state index is 0.684. The van der Waals surface area contributed by atoms with Gasteiger partial charge in [0.2, 0.25) is 0 Å². The highest BCUT2D eigenvalue weighted by Gasteiger charge is 2.23. The Balaban J connectivity index is 1.55. The summed E-state index contributed by atoms with van der Waals surface area (Å²) in [6.45, 7) is 5.54. The van der Waals surface area contributed by atoms with Crippen molar-refractivity contribution in [2.24, 2.45) is 0 Å². The Morgan fingerprint density at radius 3 is 2.61 bits per heavy atom. The van der Waals surface area contributed by atoms with E-state index < -0.39 is 0 Å². The maximum Gasteiger partial charge on any atom is 0.118 e. The van der Waals surface area contributed by atoms with E-state index in [0.29, 0.717) is 11.6 Å². The highest BCUT2D eigenvalue weighted by molar-refractivity contribution is 6.33. The third-order valence-electron chi connectivity index (χ3n) is 5.29. The predicted molar refractivity (Wildman–Crippen MR) is 113 cm³/mol. The van der Waals surface area contributed by atoms with Crippen LogP contribution in [0.3, 0.4) is 0 Å². The standard InChI is InChI=1S/C22H23Cl2N3O/c1-15-25-21-9-10-26(12-16-3-6-19(28-2)7-4-16)14-22(21)27(15)13-17-11-18(23)5-8-20(17)24/h3-8,11H,9-10,12-14H2,1-2H3. The molecule has 0 bridgehead atoms. The van der Waals surface area contributed by atoms with Gasteiger partial charge in [0.15, 0.2) is 0 Å². The number of nitrogens with zero attached hydrogens (tertiary/aromatic N) is 3. The fraction of sp³-hybridized carbons (Fsp3) is 0.318. The van der Waals surface area contributed by atoms with Crippen LogP contribution in [-0.4, -0.2) is 28.1 Å². The highest BCUT2D eigenvalue weighted by atomic mass is 35.5. The number of methoxy groups -OCH3 is 1. The predicted octanol–water partition coefficient (Wildman–Crippen LogP) is 5.11. The van der Waals surface area contributed by atoms with Crippen molar-refractivity contribution in [3.63, 3.8) is 0 Å². The monoisotopic (exact) mass is 415 g/mol. The van der Waals surface area contributed by atoms with Crippen LogP contribution in [-0.2, 0) is 26.1 Å². The van der Waals surface area contributed by atoms with E-state index >= 15 is 0 Å². The van der Waals surface area contributed by atoms with Crippen LogP contribution in [0, 0.1) is 6.92 Å². The largest absolute Gasteiger partial charge is 0.497 e. The van der Waals surface area contributed by atoms with E-state index in [-0.39, 0.29) is 0 Å². The number of aryl methyl sites for hydroxylation is 1. The summed E-state index contributed by atoms with van der Waals surface area (Å²) < 4.78 is 7.52. The van der Waals surface area contributed by atoms with Crippen molar-refractivity contribution in [2.75, 3.05) is 13.7 Å². The Kier molecular flexibility index (Phi) is 5.63. The first-order chi connectivity index (χ1) is 13.5. The molecule has 0 atom stereocenters. The first-order valence-electron chi connectivity index (χ1n) is 9.37. The molecule has 0 spiro atoms. The molecule has 0 N–H and O–H groups in total. The molecule has 146 valence electrons. The van der Waals surface area contributed by atoms with E-state index in [0.717, 1.165) is 48.2 Å². The molecule has 2 aromatic carbocycles. The third kappa shape index (κ3) is 4.04. The van der Waals surface area contributed by atoms with E-state index in [1.165, 1.54) is 17.0 Å². The van der Waals surface area contributed by atoms with Gasteiger partial charge in [-0.2, -0.15) is 0 Å².